The van der Waals surface area contributed by atoms with Gasteiger partial charge in [-0.3, -0.25) is 4.79 Å². The summed E-state index contributed by atoms with van der Waals surface area (Å²) in [6.45, 7) is 3.69. The maximum atomic E-state index is 13.4. The van der Waals surface area contributed by atoms with Gasteiger partial charge in [0.2, 0.25) is 0 Å². The Morgan fingerprint density at radius 1 is 1.30 bits per heavy atom. The second kappa shape index (κ2) is 6.51. The Hall–Kier alpha value is -1.56. The molecular formula is C17H22F3NO2. The molecule has 1 fully saturated rings. The van der Waals surface area contributed by atoms with Crippen LogP contribution in [0.4, 0.5) is 13.2 Å². The van der Waals surface area contributed by atoms with Crippen LogP contribution in [0.2, 0.25) is 0 Å². The summed E-state index contributed by atoms with van der Waals surface area (Å²) in [5, 5.41) is 11.8. The van der Waals surface area contributed by atoms with E-state index in [4.69, 9.17) is 0 Å². The van der Waals surface area contributed by atoms with Gasteiger partial charge in [0.15, 0.2) is 5.41 Å². The molecule has 3 nitrogen and oxygen atoms in total. The molecular weight excluding hydrogens is 307 g/mol. The highest BCUT2D eigenvalue weighted by atomic mass is 19.4. The summed E-state index contributed by atoms with van der Waals surface area (Å²) in [5.41, 5.74) is -0.835. The zero-order chi connectivity index (χ0) is 17.3. The number of carboxylic acid groups (broad SMARTS) is 1. The van der Waals surface area contributed by atoms with E-state index in [0.717, 1.165) is 17.5 Å². The molecule has 1 aliphatic rings. The van der Waals surface area contributed by atoms with E-state index in [9.17, 15) is 23.1 Å². The van der Waals surface area contributed by atoms with Gasteiger partial charge in [-0.1, -0.05) is 38.1 Å². The molecule has 0 unspecified atom stereocenters. The summed E-state index contributed by atoms with van der Waals surface area (Å²) in [6.07, 6.45) is -3.77. The number of rotatable bonds is 5. The smallest absolute Gasteiger partial charge is 0.406 e. The van der Waals surface area contributed by atoms with Crippen LogP contribution in [0.1, 0.15) is 25.0 Å². The van der Waals surface area contributed by atoms with Crippen molar-refractivity contribution in [3.63, 3.8) is 0 Å². The van der Waals surface area contributed by atoms with Crippen molar-refractivity contribution in [2.75, 3.05) is 13.1 Å². The van der Waals surface area contributed by atoms with Crippen LogP contribution in [-0.2, 0) is 17.6 Å². The molecule has 1 aliphatic heterocycles. The molecule has 2 N–H and O–H groups in total. The third-order valence-electron chi connectivity index (χ3n) is 4.53. The Labute approximate surface area is 133 Å². The molecule has 1 aromatic rings. The van der Waals surface area contributed by atoms with Crippen molar-refractivity contribution in [2.24, 2.45) is 17.3 Å². The number of benzene rings is 1. The number of nitrogens with one attached hydrogen (secondary N) is 1. The molecule has 0 saturated carbocycles. The SMILES string of the molecule is CC(C)Cc1ccc(C[C@H]2CNC[C@]2(C(=O)O)C(F)(F)F)cc1. The second-order valence-electron chi connectivity index (χ2n) is 6.72. The second-order valence-corrected chi connectivity index (χ2v) is 6.72. The fourth-order valence-electron chi connectivity index (χ4n) is 3.28. The maximum absolute atomic E-state index is 13.4. The predicted octanol–water partition coefficient (Wildman–Crippen LogP) is 3.28. The lowest BCUT2D eigenvalue weighted by Crippen LogP contribution is -2.51. The fraction of sp³-hybridized carbons (Fsp3) is 0.588. The first-order chi connectivity index (χ1) is 10.7. The molecule has 2 atom stereocenters. The van der Waals surface area contributed by atoms with E-state index in [2.05, 4.69) is 19.2 Å². The number of hydrogen-bond donors (Lipinski definition) is 2. The van der Waals surface area contributed by atoms with Crippen molar-refractivity contribution in [3.05, 3.63) is 35.4 Å². The van der Waals surface area contributed by atoms with Crippen LogP contribution < -0.4 is 5.32 Å². The molecule has 23 heavy (non-hydrogen) atoms. The highest BCUT2D eigenvalue weighted by molar-refractivity contribution is 5.77. The molecule has 0 aliphatic carbocycles. The summed E-state index contributed by atoms with van der Waals surface area (Å²) in [6, 6.07) is 7.43. The van der Waals surface area contributed by atoms with Gasteiger partial charge in [0.05, 0.1) is 0 Å². The zero-order valence-electron chi connectivity index (χ0n) is 13.3. The fourth-order valence-corrected chi connectivity index (χ4v) is 3.28. The number of alkyl halides is 3. The molecule has 0 spiro atoms. The van der Waals surface area contributed by atoms with Gasteiger partial charge >= 0.3 is 12.1 Å². The average Bonchev–Trinajstić information content (AvgIpc) is 2.84. The highest BCUT2D eigenvalue weighted by Gasteiger charge is 2.66. The Morgan fingerprint density at radius 2 is 1.87 bits per heavy atom. The lowest BCUT2D eigenvalue weighted by Gasteiger charge is -2.32. The van der Waals surface area contributed by atoms with Crippen LogP contribution in [0.3, 0.4) is 0 Å². The van der Waals surface area contributed by atoms with Gasteiger partial charge in [0.1, 0.15) is 0 Å². The third-order valence-corrected chi connectivity index (χ3v) is 4.53. The van der Waals surface area contributed by atoms with Crippen molar-refractivity contribution in [3.8, 4) is 0 Å². The molecule has 0 aromatic heterocycles. The van der Waals surface area contributed by atoms with Gasteiger partial charge < -0.3 is 10.4 Å². The van der Waals surface area contributed by atoms with Crippen LogP contribution in [0, 0.1) is 17.3 Å². The third kappa shape index (κ3) is 3.52. The van der Waals surface area contributed by atoms with E-state index in [-0.39, 0.29) is 13.0 Å². The summed E-state index contributed by atoms with van der Waals surface area (Å²) >= 11 is 0. The van der Waals surface area contributed by atoms with Gasteiger partial charge in [-0.25, -0.2) is 0 Å². The zero-order valence-corrected chi connectivity index (χ0v) is 13.3. The molecule has 128 valence electrons. The summed E-state index contributed by atoms with van der Waals surface area (Å²) < 4.78 is 40.2. The number of aliphatic carboxylic acids is 1. The van der Waals surface area contributed by atoms with E-state index in [1.54, 1.807) is 12.1 Å². The number of carboxylic acids is 1. The van der Waals surface area contributed by atoms with Gasteiger partial charge in [-0.05, 0) is 36.4 Å². The van der Waals surface area contributed by atoms with Crippen LogP contribution in [0.5, 0.6) is 0 Å². The van der Waals surface area contributed by atoms with Gasteiger partial charge in [0, 0.05) is 12.5 Å². The molecule has 1 heterocycles. The maximum Gasteiger partial charge on any atom is 0.406 e. The van der Waals surface area contributed by atoms with Crippen LogP contribution >= 0.6 is 0 Å². The highest BCUT2D eigenvalue weighted by Crippen LogP contribution is 2.47. The summed E-state index contributed by atoms with van der Waals surface area (Å²) in [4.78, 5) is 11.4. The molecule has 0 radical (unpaired) electrons. The van der Waals surface area contributed by atoms with Crippen LogP contribution in [0.25, 0.3) is 0 Å². The topological polar surface area (TPSA) is 49.3 Å². The largest absolute Gasteiger partial charge is 0.481 e. The Bertz CT molecular complexity index is 554. The first-order valence-electron chi connectivity index (χ1n) is 7.75. The molecule has 0 amide bonds. The molecule has 6 heteroatoms. The van der Waals surface area contributed by atoms with E-state index >= 15 is 0 Å². The van der Waals surface area contributed by atoms with Gasteiger partial charge in [0.25, 0.3) is 0 Å². The summed E-state index contributed by atoms with van der Waals surface area (Å²) in [7, 11) is 0. The molecule has 1 saturated heterocycles. The molecule has 1 aromatic carbocycles. The first kappa shape index (κ1) is 17.8. The Morgan fingerprint density at radius 3 is 2.35 bits per heavy atom. The van der Waals surface area contributed by atoms with Gasteiger partial charge in [-0.15, -0.1) is 0 Å². The average molecular weight is 329 g/mol. The lowest BCUT2D eigenvalue weighted by molar-refractivity contribution is -0.236. The number of hydrogen-bond acceptors (Lipinski definition) is 2. The quantitative estimate of drug-likeness (QED) is 0.871. The van der Waals surface area contributed by atoms with Crippen molar-refractivity contribution >= 4 is 5.97 Å². The molecule has 2 rings (SSSR count). The lowest BCUT2D eigenvalue weighted by atomic mass is 9.74. The first-order valence-corrected chi connectivity index (χ1v) is 7.75. The monoisotopic (exact) mass is 329 g/mol. The van der Waals surface area contributed by atoms with E-state index in [1.165, 1.54) is 0 Å². The van der Waals surface area contributed by atoms with Gasteiger partial charge in [-0.2, -0.15) is 13.2 Å². The molecule has 0 bridgehead atoms. The van der Waals surface area contributed by atoms with Crippen molar-refractivity contribution in [2.45, 2.75) is 32.9 Å². The normalized spacial score (nSPS) is 25.0. The van der Waals surface area contributed by atoms with E-state index < -0.39 is 30.0 Å². The Kier molecular flexibility index (Phi) is 5.04. The van der Waals surface area contributed by atoms with Crippen molar-refractivity contribution < 1.29 is 23.1 Å². The van der Waals surface area contributed by atoms with Crippen molar-refractivity contribution in [1.29, 1.82) is 0 Å². The van der Waals surface area contributed by atoms with Crippen LogP contribution in [0.15, 0.2) is 24.3 Å². The minimum Gasteiger partial charge on any atom is -0.481 e. The number of carbonyl (C=O) groups is 1. The van der Waals surface area contributed by atoms with Crippen LogP contribution in [-0.4, -0.2) is 30.3 Å². The van der Waals surface area contributed by atoms with Crippen molar-refractivity contribution in [1.82, 2.24) is 5.32 Å². The minimum absolute atomic E-state index is 0.0551. The van der Waals surface area contributed by atoms with E-state index in [0.29, 0.717) is 5.92 Å². The minimum atomic E-state index is -4.77. The standard InChI is InChI=1S/C17H22F3NO2/c1-11(2)7-12-3-5-13(6-4-12)8-14-9-21-10-16(14,15(22)23)17(18,19)20/h3-6,11,14,21H,7-10H2,1-2H3,(H,22,23)/t14-,16-/m0/s1. The van der Waals surface area contributed by atoms with E-state index in [1.807, 2.05) is 12.1 Å². The summed E-state index contributed by atoms with van der Waals surface area (Å²) in [5.74, 6) is -2.29. The predicted molar refractivity (Wildman–Crippen MR) is 81.2 cm³/mol. The number of halogens is 3. The Balaban J connectivity index is 2.19.